The highest BCUT2D eigenvalue weighted by atomic mass is 79.9. The smallest absolute Gasteiger partial charge is 0.244 e. The molecule has 0 atom stereocenters. The SMILES string of the molecule is Br.CC(C)N1CCN(S(=O)(=O)c2cc(C#N)ccc2Sc2cc(Cl)cc(Cl)c2)CC1. The van der Waals surface area contributed by atoms with Crippen molar-refractivity contribution in [3.63, 3.8) is 0 Å². The van der Waals surface area contributed by atoms with Gasteiger partial charge in [0, 0.05) is 52.1 Å². The minimum absolute atomic E-state index is 0. The Morgan fingerprint density at radius 1 is 1.03 bits per heavy atom. The van der Waals surface area contributed by atoms with Crippen molar-refractivity contribution in [1.29, 1.82) is 5.26 Å². The van der Waals surface area contributed by atoms with E-state index in [2.05, 4.69) is 18.7 Å². The summed E-state index contributed by atoms with van der Waals surface area (Å²) in [4.78, 5) is 3.65. The zero-order chi connectivity index (χ0) is 21.2. The summed E-state index contributed by atoms with van der Waals surface area (Å²) in [5.41, 5.74) is 0.304. The number of piperazine rings is 1. The first-order valence-corrected chi connectivity index (χ1v) is 12.1. The summed E-state index contributed by atoms with van der Waals surface area (Å²) in [6, 6.07) is 12.2. The molecule has 1 saturated heterocycles. The molecule has 0 radical (unpaired) electrons. The van der Waals surface area contributed by atoms with Gasteiger partial charge in [-0.3, -0.25) is 4.90 Å². The van der Waals surface area contributed by atoms with Crippen molar-refractivity contribution in [3.05, 3.63) is 52.0 Å². The standard InChI is InChI=1S/C20H21Cl2N3O2S2.BrH/c1-14(2)24-5-7-25(8-6-24)29(26,27)20-9-15(13-23)3-4-19(20)28-18-11-16(21)10-17(22)12-18;/h3-4,9-12,14H,5-8H2,1-2H3;1H. The molecule has 2 aromatic carbocycles. The summed E-state index contributed by atoms with van der Waals surface area (Å²) in [7, 11) is -3.75. The Labute approximate surface area is 202 Å². The molecule has 162 valence electrons. The van der Waals surface area contributed by atoms with Gasteiger partial charge in [-0.1, -0.05) is 35.0 Å². The number of sulfonamides is 1. The maximum Gasteiger partial charge on any atom is 0.244 e. The number of benzene rings is 2. The molecule has 0 aliphatic carbocycles. The highest BCUT2D eigenvalue weighted by Gasteiger charge is 2.31. The number of hydrogen-bond acceptors (Lipinski definition) is 5. The van der Waals surface area contributed by atoms with Gasteiger partial charge in [0.15, 0.2) is 0 Å². The second-order valence-corrected chi connectivity index (χ2v) is 10.9. The third-order valence-electron chi connectivity index (χ3n) is 4.76. The summed E-state index contributed by atoms with van der Waals surface area (Å²) in [6.45, 7) is 6.41. The van der Waals surface area contributed by atoms with Crippen molar-refractivity contribution in [2.45, 2.75) is 34.6 Å². The van der Waals surface area contributed by atoms with Crippen LogP contribution in [-0.2, 0) is 10.0 Å². The third kappa shape index (κ3) is 5.92. The Kier molecular flexibility index (Phi) is 9.07. The molecule has 0 amide bonds. The van der Waals surface area contributed by atoms with Crippen LogP contribution < -0.4 is 0 Å². The third-order valence-corrected chi connectivity index (χ3v) is 8.31. The van der Waals surface area contributed by atoms with Gasteiger partial charge in [0.25, 0.3) is 0 Å². The molecule has 2 aromatic rings. The number of nitrogens with zero attached hydrogens (tertiary/aromatic N) is 3. The van der Waals surface area contributed by atoms with E-state index in [9.17, 15) is 13.7 Å². The molecular formula is C20H22BrCl2N3O2S2. The fraction of sp³-hybridized carbons (Fsp3) is 0.350. The zero-order valence-corrected chi connectivity index (χ0v) is 21.4. The van der Waals surface area contributed by atoms with Gasteiger partial charge in [-0.25, -0.2) is 8.42 Å². The van der Waals surface area contributed by atoms with Crippen LogP contribution in [0.25, 0.3) is 0 Å². The van der Waals surface area contributed by atoms with Crippen LogP contribution in [0, 0.1) is 11.3 Å². The summed E-state index contributed by atoms with van der Waals surface area (Å²) in [5.74, 6) is 0. The van der Waals surface area contributed by atoms with Gasteiger partial charge in [-0.05, 0) is 50.2 Å². The van der Waals surface area contributed by atoms with Crippen LogP contribution in [0.15, 0.2) is 51.1 Å². The minimum atomic E-state index is -3.75. The van der Waals surface area contributed by atoms with Gasteiger partial charge in [0.1, 0.15) is 0 Å². The van der Waals surface area contributed by atoms with Gasteiger partial charge >= 0.3 is 0 Å². The number of rotatable bonds is 5. The summed E-state index contributed by atoms with van der Waals surface area (Å²) < 4.78 is 28.3. The fourth-order valence-electron chi connectivity index (χ4n) is 3.18. The number of nitriles is 1. The Bertz CT molecular complexity index is 1030. The monoisotopic (exact) mass is 549 g/mol. The van der Waals surface area contributed by atoms with Crippen molar-refractivity contribution >= 4 is 62.0 Å². The van der Waals surface area contributed by atoms with Gasteiger partial charge in [-0.15, -0.1) is 17.0 Å². The molecule has 0 aromatic heterocycles. The van der Waals surface area contributed by atoms with Crippen LogP contribution in [0.5, 0.6) is 0 Å². The fourth-order valence-corrected chi connectivity index (χ4v) is 6.72. The molecule has 0 N–H and O–H groups in total. The van der Waals surface area contributed by atoms with Crippen molar-refractivity contribution < 1.29 is 8.42 Å². The van der Waals surface area contributed by atoms with Gasteiger partial charge in [0.2, 0.25) is 10.0 Å². The van der Waals surface area contributed by atoms with Crippen molar-refractivity contribution in [1.82, 2.24) is 9.21 Å². The van der Waals surface area contributed by atoms with Crippen LogP contribution >= 0.6 is 51.9 Å². The molecule has 1 aliphatic heterocycles. The molecule has 1 heterocycles. The van der Waals surface area contributed by atoms with E-state index < -0.39 is 10.0 Å². The zero-order valence-electron chi connectivity index (χ0n) is 16.5. The lowest BCUT2D eigenvalue weighted by Gasteiger charge is -2.36. The first-order chi connectivity index (χ1) is 13.7. The van der Waals surface area contributed by atoms with Crippen LogP contribution in [0.4, 0.5) is 0 Å². The summed E-state index contributed by atoms with van der Waals surface area (Å²) in [5, 5.41) is 10.2. The van der Waals surface area contributed by atoms with E-state index in [1.165, 1.54) is 22.1 Å². The molecule has 3 rings (SSSR count). The Balaban J connectivity index is 0.00000320. The van der Waals surface area contributed by atoms with Crippen molar-refractivity contribution in [2.24, 2.45) is 0 Å². The quantitative estimate of drug-likeness (QED) is 0.505. The average molecular weight is 551 g/mol. The molecule has 0 bridgehead atoms. The summed E-state index contributed by atoms with van der Waals surface area (Å²) >= 11 is 13.4. The largest absolute Gasteiger partial charge is 0.298 e. The van der Waals surface area contributed by atoms with Gasteiger partial charge in [0.05, 0.1) is 16.5 Å². The molecule has 1 aliphatic rings. The predicted octanol–water partition coefficient (Wildman–Crippen LogP) is 5.31. The molecule has 0 spiro atoms. The van der Waals surface area contributed by atoms with E-state index in [0.29, 0.717) is 52.7 Å². The van der Waals surface area contributed by atoms with E-state index in [4.69, 9.17) is 23.2 Å². The average Bonchev–Trinajstić information content (AvgIpc) is 2.67. The van der Waals surface area contributed by atoms with E-state index in [1.807, 2.05) is 6.07 Å². The normalized spacial score (nSPS) is 15.6. The molecule has 0 unspecified atom stereocenters. The lowest BCUT2D eigenvalue weighted by molar-refractivity contribution is 0.154. The lowest BCUT2D eigenvalue weighted by Crippen LogP contribution is -2.50. The lowest BCUT2D eigenvalue weighted by atomic mass is 10.2. The maximum atomic E-state index is 13.4. The Morgan fingerprint density at radius 2 is 1.63 bits per heavy atom. The van der Waals surface area contributed by atoms with Crippen molar-refractivity contribution in [3.8, 4) is 6.07 Å². The Morgan fingerprint density at radius 3 is 2.17 bits per heavy atom. The van der Waals surface area contributed by atoms with Crippen molar-refractivity contribution in [2.75, 3.05) is 26.2 Å². The van der Waals surface area contributed by atoms with Crippen LogP contribution in [0.2, 0.25) is 10.0 Å². The van der Waals surface area contributed by atoms with E-state index in [-0.39, 0.29) is 21.9 Å². The van der Waals surface area contributed by atoms with Crippen LogP contribution in [-0.4, -0.2) is 49.8 Å². The number of hydrogen-bond donors (Lipinski definition) is 0. The molecule has 0 saturated carbocycles. The van der Waals surface area contributed by atoms with Gasteiger partial charge in [-0.2, -0.15) is 9.57 Å². The molecule has 5 nitrogen and oxygen atoms in total. The van der Waals surface area contributed by atoms with Crippen LogP contribution in [0.1, 0.15) is 19.4 Å². The molecule has 10 heteroatoms. The maximum absolute atomic E-state index is 13.4. The minimum Gasteiger partial charge on any atom is -0.298 e. The first kappa shape index (κ1) is 25.5. The van der Waals surface area contributed by atoms with Gasteiger partial charge < -0.3 is 0 Å². The van der Waals surface area contributed by atoms with E-state index >= 15 is 0 Å². The highest BCUT2D eigenvalue weighted by Crippen LogP contribution is 2.37. The highest BCUT2D eigenvalue weighted by molar-refractivity contribution is 8.93. The second kappa shape index (κ2) is 10.7. The second-order valence-electron chi connectivity index (χ2n) is 7.01. The van der Waals surface area contributed by atoms with E-state index in [1.54, 1.807) is 30.3 Å². The topological polar surface area (TPSA) is 64.4 Å². The van der Waals surface area contributed by atoms with E-state index in [0.717, 1.165) is 4.90 Å². The first-order valence-electron chi connectivity index (χ1n) is 9.13. The molecule has 30 heavy (non-hydrogen) atoms. The predicted molar refractivity (Wildman–Crippen MR) is 128 cm³/mol. The molecular weight excluding hydrogens is 529 g/mol. The summed E-state index contributed by atoms with van der Waals surface area (Å²) in [6.07, 6.45) is 0. The Hall–Kier alpha value is -0.790. The van der Waals surface area contributed by atoms with Crippen LogP contribution in [0.3, 0.4) is 0 Å². The number of halogens is 3. The molecule has 1 fully saturated rings.